The van der Waals surface area contributed by atoms with Crippen LogP contribution in [0, 0.1) is 70.7 Å². The van der Waals surface area contributed by atoms with Gasteiger partial charge in [-0.2, -0.15) is 40.7 Å². The summed E-state index contributed by atoms with van der Waals surface area (Å²) in [5.74, 6) is -11.2. The van der Waals surface area contributed by atoms with E-state index in [1.807, 2.05) is 11.8 Å². The molecule has 0 unspecified atom stereocenters. The summed E-state index contributed by atoms with van der Waals surface area (Å²) in [4.78, 5) is 38.5. The standard InChI is InChI=1S/C32H29F8N7O2.C2HF3O2/c33-23-19(24(34)28(38)46-27(23)37)11-8-16-7-10-18(15-17(16)9-12-20-25(35)29(39)47-30(40)26(20)36)45-32(49)22(43)6-2-4-14-44-31(48)21(42)5-1-3-13-41;3-2(4,5)1(6)7/h7,10,15,21-22H,1-6,13-14,41-43H2,(H,44,48)(H,45,49);(H,6,7)/t21-,22-;/m0./s1. The van der Waals surface area contributed by atoms with Crippen molar-refractivity contribution in [2.75, 3.05) is 18.4 Å². The average molecular weight is 810 g/mol. The largest absolute Gasteiger partial charge is 0.490 e. The number of benzene rings is 1. The van der Waals surface area contributed by atoms with Crippen LogP contribution in [0.1, 0.15) is 60.8 Å². The molecule has 1 aromatic carbocycles. The van der Waals surface area contributed by atoms with Crippen molar-refractivity contribution >= 4 is 23.5 Å². The molecule has 2 atom stereocenters. The molecule has 9 N–H and O–H groups in total. The lowest BCUT2D eigenvalue weighted by Crippen LogP contribution is -2.41. The summed E-state index contributed by atoms with van der Waals surface area (Å²) in [7, 11) is 0. The fourth-order valence-electron chi connectivity index (χ4n) is 4.13. The van der Waals surface area contributed by atoms with E-state index in [1.165, 1.54) is 6.07 Å². The number of carboxylic acids is 1. The van der Waals surface area contributed by atoms with Crippen molar-refractivity contribution < 1.29 is 67.8 Å². The SMILES string of the molecule is NCCCC[C@H](N)C(=O)NCCCC[C@H](N)C(=O)Nc1ccc(C#Cc2c(F)c(F)nc(F)c2F)c(C#Cc2c(F)c(F)nc(F)c2F)c1.O=C(O)C(F)(F)F. The number of unbranched alkanes of at least 4 members (excludes halogenated alkanes) is 2. The maximum atomic E-state index is 14.2. The number of aliphatic carboxylic acids is 1. The van der Waals surface area contributed by atoms with Crippen LogP contribution < -0.4 is 27.8 Å². The highest BCUT2D eigenvalue weighted by Crippen LogP contribution is 2.20. The molecule has 0 spiro atoms. The number of pyridine rings is 2. The van der Waals surface area contributed by atoms with E-state index in [-0.39, 0.29) is 29.1 Å². The molecule has 0 radical (unpaired) electrons. The summed E-state index contributed by atoms with van der Waals surface area (Å²) < 4.78 is 143. The molecule has 0 aliphatic carbocycles. The number of aromatic nitrogens is 2. The van der Waals surface area contributed by atoms with Gasteiger partial charge in [-0.1, -0.05) is 30.1 Å². The van der Waals surface area contributed by atoms with E-state index in [9.17, 15) is 57.9 Å². The highest BCUT2D eigenvalue weighted by molar-refractivity contribution is 5.95. The number of nitrogens with two attached hydrogens (primary N) is 3. The van der Waals surface area contributed by atoms with Gasteiger partial charge in [-0.15, -0.1) is 0 Å². The Hall–Kier alpha value is -5.84. The van der Waals surface area contributed by atoms with Crippen LogP contribution in [0.5, 0.6) is 0 Å². The van der Waals surface area contributed by atoms with E-state index in [2.05, 4.69) is 32.4 Å². The number of carbonyl (C=O) groups is 3. The monoisotopic (exact) mass is 809 g/mol. The van der Waals surface area contributed by atoms with Crippen LogP contribution in [-0.4, -0.2) is 64.2 Å². The van der Waals surface area contributed by atoms with Crippen LogP contribution in [0.25, 0.3) is 0 Å². The van der Waals surface area contributed by atoms with Gasteiger partial charge in [-0.05, 0) is 56.8 Å². The third-order valence-electron chi connectivity index (χ3n) is 7.05. The second kappa shape index (κ2) is 21.3. The number of carbonyl (C=O) groups excluding carboxylic acids is 2. The van der Waals surface area contributed by atoms with Gasteiger partial charge in [0.15, 0.2) is 23.3 Å². The number of hydrogen-bond acceptors (Lipinski definition) is 8. The lowest BCUT2D eigenvalue weighted by Gasteiger charge is -2.14. The number of hydrogen-bond donors (Lipinski definition) is 6. The van der Waals surface area contributed by atoms with Crippen molar-refractivity contribution in [1.82, 2.24) is 15.3 Å². The summed E-state index contributed by atoms with van der Waals surface area (Å²) >= 11 is 0. The van der Waals surface area contributed by atoms with Crippen molar-refractivity contribution in [2.45, 2.75) is 56.8 Å². The Morgan fingerprint density at radius 1 is 0.679 bits per heavy atom. The van der Waals surface area contributed by atoms with Crippen LogP contribution in [0.3, 0.4) is 0 Å². The van der Waals surface area contributed by atoms with Crippen LogP contribution in [0.4, 0.5) is 54.0 Å². The fraction of sp³-hybridized carbons (Fsp3) is 0.324. The van der Waals surface area contributed by atoms with Crippen LogP contribution >= 0.6 is 0 Å². The summed E-state index contributed by atoms with van der Waals surface area (Å²) in [6.07, 6.45) is -2.02. The second-order valence-electron chi connectivity index (χ2n) is 11.2. The van der Waals surface area contributed by atoms with Gasteiger partial charge in [0.25, 0.3) is 23.8 Å². The smallest absolute Gasteiger partial charge is 0.475 e. The molecule has 0 saturated carbocycles. The number of amides is 2. The first kappa shape index (κ1) is 46.3. The Bertz CT molecular complexity index is 1990. The van der Waals surface area contributed by atoms with Crippen molar-refractivity contribution in [2.24, 2.45) is 17.2 Å². The number of anilines is 1. The molecule has 0 fully saturated rings. The molecule has 2 heterocycles. The molecule has 0 saturated heterocycles. The fourth-order valence-corrected chi connectivity index (χ4v) is 4.13. The minimum Gasteiger partial charge on any atom is -0.475 e. The molecule has 2 aromatic heterocycles. The first-order valence-corrected chi connectivity index (χ1v) is 15.9. The summed E-state index contributed by atoms with van der Waals surface area (Å²) in [6, 6.07) is 1.71. The van der Waals surface area contributed by atoms with Gasteiger partial charge in [0.05, 0.1) is 12.1 Å². The highest BCUT2D eigenvalue weighted by atomic mass is 19.4. The molecular formula is C34H30F11N7O4. The van der Waals surface area contributed by atoms with Gasteiger partial charge in [-0.3, -0.25) is 9.59 Å². The Balaban J connectivity index is 0.00000141. The Morgan fingerprint density at radius 2 is 1.11 bits per heavy atom. The van der Waals surface area contributed by atoms with Gasteiger partial charge >= 0.3 is 12.1 Å². The zero-order valence-corrected chi connectivity index (χ0v) is 28.5. The molecule has 0 aliphatic heterocycles. The third kappa shape index (κ3) is 13.8. The number of alkyl halides is 3. The van der Waals surface area contributed by atoms with Crippen LogP contribution in [0.15, 0.2) is 18.2 Å². The number of rotatable bonds is 12. The summed E-state index contributed by atoms with van der Waals surface area (Å²) in [5, 5.41) is 12.3. The molecule has 3 aromatic rings. The Kier molecular flexibility index (Phi) is 17.6. The molecule has 22 heteroatoms. The number of nitrogens with one attached hydrogen (secondary N) is 2. The molecule has 302 valence electrons. The zero-order valence-electron chi connectivity index (χ0n) is 28.5. The van der Waals surface area contributed by atoms with E-state index in [0.29, 0.717) is 32.4 Å². The minimum absolute atomic E-state index is 0.0161. The maximum absolute atomic E-state index is 14.2. The van der Waals surface area contributed by atoms with Crippen molar-refractivity contribution in [1.29, 1.82) is 0 Å². The van der Waals surface area contributed by atoms with Crippen molar-refractivity contribution in [3.05, 3.63) is 87.5 Å². The van der Waals surface area contributed by atoms with E-state index >= 15 is 0 Å². The maximum Gasteiger partial charge on any atom is 0.490 e. The Morgan fingerprint density at radius 3 is 1.55 bits per heavy atom. The quantitative estimate of drug-likeness (QED) is 0.0677. The predicted molar refractivity (Wildman–Crippen MR) is 175 cm³/mol. The molecule has 0 aliphatic rings. The van der Waals surface area contributed by atoms with E-state index in [0.717, 1.165) is 25.0 Å². The van der Waals surface area contributed by atoms with Crippen molar-refractivity contribution in [3.63, 3.8) is 0 Å². The summed E-state index contributed by atoms with van der Waals surface area (Å²) in [5.41, 5.74) is 13.9. The van der Waals surface area contributed by atoms with Gasteiger partial charge in [0, 0.05) is 23.4 Å². The van der Waals surface area contributed by atoms with E-state index < -0.39 is 88.3 Å². The lowest BCUT2D eigenvalue weighted by atomic mass is 10.0. The first-order valence-electron chi connectivity index (χ1n) is 15.9. The first-order chi connectivity index (χ1) is 26.2. The predicted octanol–water partition coefficient (Wildman–Crippen LogP) is 4.03. The second-order valence-corrected chi connectivity index (χ2v) is 11.2. The van der Waals surface area contributed by atoms with Gasteiger partial charge in [0.2, 0.25) is 11.8 Å². The molecule has 11 nitrogen and oxygen atoms in total. The average Bonchev–Trinajstić information content (AvgIpc) is 3.13. The van der Waals surface area contributed by atoms with E-state index in [1.54, 1.807) is 0 Å². The molecule has 56 heavy (non-hydrogen) atoms. The number of carboxylic acid groups (broad SMARTS) is 1. The molecule has 0 bridgehead atoms. The van der Waals surface area contributed by atoms with Gasteiger partial charge in [0.1, 0.15) is 11.1 Å². The molecule has 3 rings (SSSR count). The lowest BCUT2D eigenvalue weighted by molar-refractivity contribution is -0.192. The van der Waals surface area contributed by atoms with Gasteiger partial charge < -0.3 is 32.9 Å². The topological polar surface area (TPSA) is 199 Å². The normalized spacial score (nSPS) is 11.8. The van der Waals surface area contributed by atoms with Crippen LogP contribution in [0.2, 0.25) is 0 Å². The van der Waals surface area contributed by atoms with Gasteiger partial charge in [-0.25, -0.2) is 22.4 Å². The molecule has 2 amide bonds. The number of nitrogens with zero attached hydrogens (tertiary/aromatic N) is 2. The van der Waals surface area contributed by atoms with Crippen LogP contribution in [-0.2, 0) is 14.4 Å². The summed E-state index contributed by atoms with van der Waals surface area (Å²) in [6.45, 7) is 0.794. The third-order valence-corrected chi connectivity index (χ3v) is 7.05. The van der Waals surface area contributed by atoms with E-state index in [4.69, 9.17) is 27.1 Å². The molecular weight excluding hydrogens is 779 g/mol. The highest BCUT2D eigenvalue weighted by Gasteiger charge is 2.38. The van der Waals surface area contributed by atoms with Crippen molar-refractivity contribution in [3.8, 4) is 23.7 Å². The Labute approximate surface area is 310 Å². The zero-order chi connectivity index (χ0) is 42.3. The minimum atomic E-state index is -5.08. The number of halogens is 11.